The van der Waals surface area contributed by atoms with Crippen molar-refractivity contribution in [2.75, 3.05) is 11.9 Å². The minimum Gasteiger partial charge on any atom is -0.388 e. The molecule has 0 aromatic heterocycles. The van der Waals surface area contributed by atoms with Crippen LogP contribution in [0.25, 0.3) is 10.8 Å². The van der Waals surface area contributed by atoms with Crippen LogP contribution in [0.1, 0.15) is 25.7 Å². The van der Waals surface area contributed by atoms with Gasteiger partial charge in [-0.05, 0) is 24.3 Å². The van der Waals surface area contributed by atoms with Crippen LogP contribution >= 0.6 is 0 Å². The van der Waals surface area contributed by atoms with Crippen LogP contribution in [0.3, 0.4) is 0 Å². The van der Waals surface area contributed by atoms with Crippen molar-refractivity contribution in [3.63, 3.8) is 0 Å². The molecule has 18 heavy (non-hydrogen) atoms. The topological polar surface area (TPSA) is 32.3 Å². The van der Waals surface area contributed by atoms with E-state index in [1.807, 2.05) is 0 Å². The van der Waals surface area contributed by atoms with E-state index >= 15 is 0 Å². The predicted octanol–water partition coefficient (Wildman–Crippen LogP) is 3.56. The van der Waals surface area contributed by atoms with Crippen molar-refractivity contribution in [1.82, 2.24) is 0 Å². The van der Waals surface area contributed by atoms with Crippen molar-refractivity contribution in [3.05, 3.63) is 42.5 Å². The molecular formula is C16H19NO. The lowest BCUT2D eigenvalue weighted by atomic mass is 10.0. The Morgan fingerprint density at radius 2 is 1.72 bits per heavy atom. The summed E-state index contributed by atoms with van der Waals surface area (Å²) in [7, 11) is 0. The van der Waals surface area contributed by atoms with E-state index in [4.69, 9.17) is 0 Å². The summed E-state index contributed by atoms with van der Waals surface area (Å²) in [5.41, 5.74) is 0.616. The van der Waals surface area contributed by atoms with Crippen molar-refractivity contribution < 1.29 is 5.11 Å². The van der Waals surface area contributed by atoms with Crippen molar-refractivity contribution >= 4 is 16.5 Å². The van der Waals surface area contributed by atoms with Crippen LogP contribution in [0.2, 0.25) is 0 Å². The second-order valence-electron chi connectivity index (χ2n) is 5.31. The first-order chi connectivity index (χ1) is 8.77. The highest BCUT2D eigenvalue weighted by atomic mass is 16.3. The van der Waals surface area contributed by atoms with Gasteiger partial charge in [0.25, 0.3) is 0 Å². The molecule has 0 amide bonds. The maximum absolute atomic E-state index is 10.4. The Bertz CT molecular complexity index is 538. The third kappa shape index (κ3) is 2.21. The van der Waals surface area contributed by atoms with Gasteiger partial charge in [-0.15, -0.1) is 0 Å². The Morgan fingerprint density at radius 3 is 2.56 bits per heavy atom. The summed E-state index contributed by atoms with van der Waals surface area (Å²) in [6.07, 6.45) is 4.14. The van der Waals surface area contributed by atoms with E-state index in [2.05, 4.69) is 47.8 Å². The Labute approximate surface area is 108 Å². The van der Waals surface area contributed by atoms with Gasteiger partial charge in [0, 0.05) is 17.6 Å². The van der Waals surface area contributed by atoms with E-state index < -0.39 is 5.60 Å². The Hall–Kier alpha value is -1.54. The lowest BCUT2D eigenvalue weighted by molar-refractivity contribution is 0.0615. The normalized spacial score (nSPS) is 18.1. The zero-order valence-corrected chi connectivity index (χ0v) is 10.5. The van der Waals surface area contributed by atoms with Crippen LogP contribution in [0.15, 0.2) is 42.5 Å². The quantitative estimate of drug-likeness (QED) is 0.861. The van der Waals surface area contributed by atoms with Gasteiger partial charge in [-0.2, -0.15) is 0 Å². The first kappa shape index (κ1) is 11.5. The number of anilines is 1. The fourth-order valence-corrected chi connectivity index (χ4v) is 2.85. The van der Waals surface area contributed by atoms with Crippen LogP contribution in [0.4, 0.5) is 5.69 Å². The van der Waals surface area contributed by atoms with Crippen LogP contribution in [-0.4, -0.2) is 17.3 Å². The Balaban J connectivity index is 1.82. The van der Waals surface area contributed by atoms with Crippen LogP contribution in [0.5, 0.6) is 0 Å². The second kappa shape index (κ2) is 4.62. The average Bonchev–Trinajstić information content (AvgIpc) is 2.84. The maximum Gasteiger partial charge on any atom is 0.0819 e. The summed E-state index contributed by atoms with van der Waals surface area (Å²) in [4.78, 5) is 0. The molecule has 2 heteroatoms. The van der Waals surface area contributed by atoms with Gasteiger partial charge >= 0.3 is 0 Å². The first-order valence-electron chi connectivity index (χ1n) is 6.71. The number of fused-ring (bicyclic) bond motifs is 1. The number of hydrogen-bond donors (Lipinski definition) is 2. The second-order valence-corrected chi connectivity index (χ2v) is 5.31. The minimum absolute atomic E-state index is 0.503. The zero-order chi connectivity index (χ0) is 12.4. The highest BCUT2D eigenvalue weighted by Crippen LogP contribution is 2.30. The van der Waals surface area contributed by atoms with Gasteiger partial charge in [0.2, 0.25) is 0 Å². The third-order valence-corrected chi connectivity index (χ3v) is 3.93. The van der Waals surface area contributed by atoms with Gasteiger partial charge in [0.1, 0.15) is 0 Å². The lowest BCUT2D eigenvalue weighted by Crippen LogP contribution is -2.33. The van der Waals surface area contributed by atoms with Crippen molar-refractivity contribution in [2.45, 2.75) is 31.3 Å². The molecule has 2 aromatic carbocycles. The van der Waals surface area contributed by atoms with E-state index in [1.165, 1.54) is 10.8 Å². The molecule has 3 rings (SSSR count). The SMILES string of the molecule is OC1(CNc2cccc3ccccc23)CCCC1. The van der Waals surface area contributed by atoms with E-state index in [0.717, 1.165) is 31.4 Å². The summed E-state index contributed by atoms with van der Waals surface area (Å²) in [5.74, 6) is 0. The van der Waals surface area contributed by atoms with Gasteiger partial charge < -0.3 is 10.4 Å². The minimum atomic E-state index is -0.503. The lowest BCUT2D eigenvalue weighted by Gasteiger charge is -2.23. The summed E-state index contributed by atoms with van der Waals surface area (Å²) >= 11 is 0. The van der Waals surface area contributed by atoms with E-state index in [-0.39, 0.29) is 0 Å². The van der Waals surface area contributed by atoms with Crippen LogP contribution < -0.4 is 5.32 Å². The summed E-state index contributed by atoms with van der Waals surface area (Å²) in [6.45, 7) is 0.654. The molecule has 2 N–H and O–H groups in total. The monoisotopic (exact) mass is 241 g/mol. The largest absolute Gasteiger partial charge is 0.388 e. The molecule has 0 bridgehead atoms. The molecule has 0 radical (unpaired) electrons. The van der Waals surface area contributed by atoms with E-state index in [0.29, 0.717) is 6.54 Å². The fourth-order valence-electron chi connectivity index (χ4n) is 2.85. The van der Waals surface area contributed by atoms with Gasteiger partial charge in [0.05, 0.1) is 5.60 Å². The molecule has 1 aliphatic rings. The molecular weight excluding hydrogens is 222 g/mol. The smallest absolute Gasteiger partial charge is 0.0819 e. The standard InChI is InChI=1S/C16H19NO/c18-16(10-3-4-11-16)12-17-15-9-5-7-13-6-1-2-8-14(13)15/h1-2,5-9,17-18H,3-4,10-12H2. The molecule has 2 nitrogen and oxygen atoms in total. The molecule has 1 saturated carbocycles. The highest BCUT2D eigenvalue weighted by Gasteiger charge is 2.30. The number of rotatable bonds is 3. The number of nitrogens with one attached hydrogen (secondary N) is 1. The summed E-state index contributed by atoms with van der Waals surface area (Å²) in [6, 6.07) is 14.6. The number of benzene rings is 2. The van der Waals surface area contributed by atoms with Gasteiger partial charge in [0.15, 0.2) is 0 Å². The molecule has 0 saturated heterocycles. The Morgan fingerprint density at radius 1 is 1.00 bits per heavy atom. The number of aliphatic hydroxyl groups is 1. The Kier molecular flexibility index (Phi) is 2.96. The first-order valence-corrected chi connectivity index (χ1v) is 6.71. The van der Waals surface area contributed by atoms with Crippen molar-refractivity contribution in [1.29, 1.82) is 0 Å². The van der Waals surface area contributed by atoms with Crippen molar-refractivity contribution in [3.8, 4) is 0 Å². The fraction of sp³-hybridized carbons (Fsp3) is 0.375. The van der Waals surface area contributed by atoms with Gasteiger partial charge in [-0.1, -0.05) is 49.2 Å². The molecule has 0 heterocycles. The van der Waals surface area contributed by atoms with Crippen LogP contribution in [-0.2, 0) is 0 Å². The molecule has 0 spiro atoms. The molecule has 1 fully saturated rings. The highest BCUT2D eigenvalue weighted by molar-refractivity contribution is 5.93. The molecule has 94 valence electrons. The third-order valence-electron chi connectivity index (χ3n) is 3.93. The maximum atomic E-state index is 10.4. The summed E-state index contributed by atoms with van der Waals surface area (Å²) < 4.78 is 0. The molecule has 2 aromatic rings. The van der Waals surface area contributed by atoms with Gasteiger partial charge in [-0.3, -0.25) is 0 Å². The predicted molar refractivity (Wildman–Crippen MR) is 75.9 cm³/mol. The van der Waals surface area contributed by atoms with Gasteiger partial charge in [-0.25, -0.2) is 0 Å². The average molecular weight is 241 g/mol. The summed E-state index contributed by atoms with van der Waals surface area (Å²) in [5, 5.41) is 16.2. The van der Waals surface area contributed by atoms with E-state index in [9.17, 15) is 5.11 Å². The van der Waals surface area contributed by atoms with Crippen molar-refractivity contribution in [2.24, 2.45) is 0 Å². The number of hydrogen-bond acceptors (Lipinski definition) is 2. The van der Waals surface area contributed by atoms with E-state index in [1.54, 1.807) is 0 Å². The molecule has 0 unspecified atom stereocenters. The molecule has 0 atom stereocenters. The molecule has 0 aliphatic heterocycles. The molecule has 1 aliphatic carbocycles. The zero-order valence-electron chi connectivity index (χ0n) is 10.5. The van der Waals surface area contributed by atoms with Crippen LogP contribution in [0, 0.1) is 0 Å².